The van der Waals surface area contributed by atoms with Gasteiger partial charge in [0, 0.05) is 21.9 Å². The van der Waals surface area contributed by atoms with Gasteiger partial charge in [0.2, 0.25) is 0 Å². The molecule has 0 spiro atoms. The minimum absolute atomic E-state index is 0.0700. The summed E-state index contributed by atoms with van der Waals surface area (Å²) in [7, 11) is 0. The third-order valence-corrected chi connectivity index (χ3v) is 8.63. The molecule has 0 saturated carbocycles. The third kappa shape index (κ3) is 4.79. The second-order valence-corrected chi connectivity index (χ2v) is 16.4. The van der Waals surface area contributed by atoms with Gasteiger partial charge in [-0.1, -0.05) is 95.2 Å². The number of furan rings is 2. The molecule has 0 fully saturated rings. The summed E-state index contributed by atoms with van der Waals surface area (Å²) >= 11 is 0. The van der Waals surface area contributed by atoms with E-state index in [0.717, 1.165) is 33.1 Å². The summed E-state index contributed by atoms with van der Waals surface area (Å²) in [5.74, 6) is 0.767. The van der Waals surface area contributed by atoms with Gasteiger partial charge in [-0.05, 0) is 57.1 Å². The molecule has 4 heterocycles. The maximum absolute atomic E-state index is 13.5. The Bertz CT molecular complexity index is 2080. The second-order valence-electron chi connectivity index (χ2n) is 16.4. The Balaban J connectivity index is 1.59. The van der Waals surface area contributed by atoms with Crippen LogP contribution in [0.25, 0.3) is 44.8 Å². The van der Waals surface area contributed by atoms with Crippen LogP contribution in [0.4, 0.5) is 0 Å². The van der Waals surface area contributed by atoms with Crippen molar-refractivity contribution in [3.63, 3.8) is 0 Å². The monoisotopic (exact) mass is 590 g/mol. The van der Waals surface area contributed by atoms with Gasteiger partial charge in [0.1, 0.15) is 22.6 Å². The van der Waals surface area contributed by atoms with Crippen LogP contribution in [0.1, 0.15) is 105 Å². The van der Waals surface area contributed by atoms with Gasteiger partial charge >= 0.3 is 0 Å². The SMILES string of the molecule is CC(C)(C)c1cc(C(C)(C)C)c2oc(-c3nc(=O)c4c(-c5cc6cc(C(C)(C)C)cc(C(C)(C)C)c6o5)nc(=O)c3=4)cc2c1. The number of benzene rings is 2. The van der Waals surface area contributed by atoms with E-state index in [0.29, 0.717) is 11.5 Å². The molecule has 2 aromatic heterocycles. The molecule has 2 aromatic carbocycles. The molecule has 0 N–H and O–H groups in total. The van der Waals surface area contributed by atoms with Crippen molar-refractivity contribution in [2.24, 2.45) is 0 Å². The standard InChI is InChI=1S/C38H42N2O4/c1-35(2,3)21-13-19-15-25(43-31(19)23(17-21)37(7,8)9)29-27-28(34(42)39-29)30(40-33(27)41)26-16-20-14-22(36(4,5)6)18-24(32(20)44-26)38(10,11)12/h13-18H,1-12H3. The van der Waals surface area contributed by atoms with Gasteiger partial charge in [-0.3, -0.25) is 9.59 Å². The van der Waals surface area contributed by atoms with E-state index in [9.17, 15) is 9.59 Å². The molecule has 6 rings (SSSR count). The summed E-state index contributed by atoms with van der Waals surface area (Å²) < 4.78 is 12.9. The van der Waals surface area contributed by atoms with E-state index in [1.807, 2.05) is 12.1 Å². The van der Waals surface area contributed by atoms with E-state index >= 15 is 0 Å². The van der Waals surface area contributed by atoms with Crippen molar-refractivity contribution >= 4 is 21.9 Å². The van der Waals surface area contributed by atoms with Crippen molar-refractivity contribution < 1.29 is 8.83 Å². The molecule has 0 radical (unpaired) electrons. The molecule has 4 aromatic rings. The molecule has 44 heavy (non-hydrogen) atoms. The lowest BCUT2D eigenvalue weighted by Gasteiger charge is -2.25. The molecular weight excluding hydrogens is 548 g/mol. The highest BCUT2D eigenvalue weighted by atomic mass is 16.3. The maximum Gasteiger partial charge on any atom is 0.280 e. The predicted molar refractivity (Wildman–Crippen MR) is 177 cm³/mol. The summed E-state index contributed by atoms with van der Waals surface area (Å²) in [6.07, 6.45) is 0. The van der Waals surface area contributed by atoms with Crippen molar-refractivity contribution in [3.05, 3.63) is 89.8 Å². The molecule has 2 aliphatic heterocycles. The van der Waals surface area contributed by atoms with Crippen molar-refractivity contribution in [1.82, 2.24) is 9.97 Å². The highest BCUT2D eigenvalue weighted by Gasteiger charge is 2.29. The van der Waals surface area contributed by atoms with Gasteiger partial charge in [0.05, 0.1) is 10.4 Å². The van der Waals surface area contributed by atoms with Crippen molar-refractivity contribution in [2.45, 2.75) is 105 Å². The molecule has 2 aliphatic rings. The van der Waals surface area contributed by atoms with Crippen LogP contribution < -0.4 is 11.1 Å². The fourth-order valence-electron chi connectivity index (χ4n) is 5.96. The van der Waals surface area contributed by atoms with Gasteiger partial charge in [-0.15, -0.1) is 0 Å². The largest absolute Gasteiger partial charge is 0.454 e. The topological polar surface area (TPSA) is 86.2 Å². The summed E-state index contributed by atoms with van der Waals surface area (Å²) in [4.78, 5) is 35.6. The van der Waals surface area contributed by atoms with E-state index < -0.39 is 11.1 Å². The average molecular weight is 591 g/mol. The van der Waals surface area contributed by atoms with E-state index in [4.69, 9.17) is 8.83 Å². The molecule has 6 nitrogen and oxygen atoms in total. The Kier molecular flexibility index (Phi) is 6.29. The molecule has 0 atom stereocenters. The average Bonchev–Trinajstić information content (AvgIpc) is 3.63. The first kappa shape index (κ1) is 30.0. The van der Waals surface area contributed by atoms with Gasteiger partial charge in [0.15, 0.2) is 11.5 Å². The summed E-state index contributed by atoms with van der Waals surface area (Å²) in [6, 6.07) is 12.4. The lowest BCUT2D eigenvalue weighted by atomic mass is 9.80. The summed E-state index contributed by atoms with van der Waals surface area (Å²) in [6.45, 7) is 26.0. The molecule has 0 unspecified atom stereocenters. The Morgan fingerprint density at radius 1 is 0.477 bits per heavy atom. The number of rotatable bonds is 2. The predicted octanol–water partition coefficient (Wildman–Crippen LogP) is 8.81. The minimum Gasteiger partial charge on any atom is -0.454 e. The van der Waals surface area contributed by atoms with Gasteiger partial charge in [0.25, 0.3) is 11.1 Å². The first-order valence-corrected chi connectivity index (χ1v) is 15.3. The number of aromatic nitrogens is 2. The van der Waals surface area contributed by atoms with Crippen molar-refractivity contribution in [1.29, 1.82) is 0 Å². The lowest BCUT2D eigenvalue weighted by molar-refractivity contribution is 0.552. The normalized spacial score (nSPS) is 13.6. The van der Waals surface area contributed by atoms with Gasteiger partial charge in [-0.2, -0.15) is 0 Å². The van der Waals surface area contributed by atoms with Gasteiger partial charge in [-0.25, -0.2) is 9.97 Å². The van der Waals surface area contributed by atoms with E-state index in [1.165, 1.54) is 11.1 Å². The van der Waals surface area contributed by atoms with Crippen LogP contribution in [0.5, 0.6) is 0 Å². The third-order valence-electron chi connectivity index (χ3n) is 8.63. The second kappa shape index (κ2) is 9.23. The Morgan fingerprint density at radius 3 is 1.11 bits per heavy atom. The highest BCUT2D eigenvalue weighted by Crippen LogP contribution is 2.41. The Morgan fingerprint density at radius 2 is 0.818 bits per heavy atom. The molecule has 228 valence electrons. The van der Waals surface area contributed by atoms with Crippen molar-refractivity contribution in [3.8, 4) is 22.9 Å². The number of nitrogens with zero attached hydrogens (tertiary/aromatic N) is 2. The molecule has 6 heteroatoms. The Hall–Kier alpha value is -4.06. The first-order valence-electron chi connectivity index (χ1n) is 15.3. The molecular formula is C38H42N2O4. The number of hydrogen-bond acceptors (Lipinski definition) is 6. The van der Waals surface area contributed by atoms with Crippen molar-refractivity contribution in [2.75, 3.05) is 0 Å². The molecule has 0 aliphatic carbocycles. The maximum atomic E-state index is 13.5. The molecule has 0 amide bonds. The highest BCUT2D eigenvalue weighted by molar-refractivity contribution is 5.88. The van der Waals surface area contributed by atoms with Crippen LogP contribution in [0.2, 0.25) is 0 Å². The van der Waals surface area contributed by atoms with Crippen LogP contribution >= 0.6 is 0 Å². The zero-order chi connectivity index (χ0) is 32.3. The zero-order valence-corrected chi connectivity index (χ0v) is 28.0. The smallest absolute Gasteiger partial charge is 0.280 e. The van der Waals surface area contributed by atoms with Gasteiger partial charge < -0.3 is 8.83 Å². The van der Waals surface area contributed by atoms with Crippen LogP contribution in [0, 0.1) is 10.4 Å². The minimum atomic E-state index is -0.515. The first-order chi connectivity index (χ1) is 20.1. The lowest BCUT2D eigenvalue weighted by Crippen LogP contribution is -2.16. The molecule has 0 saturated heterocycles. The molecule has 0 bridgehead atoms. The van der Waals surface area contributed by atoms with Crippen LogP contribution in [0.3, 0.4) is 0 Å². The zero-order valence-electron chi connectivity index (χ0n) is 28.0. The number of fused-ring (bicyclic) bond motifs is 2. The van der Waals surface area contributed by atoms with E-state index in [-0.39, 0.29) is 43.5 Å². The van der Waals surface area contributed by atoms with E-state index in [1.54, 1.807) is 0 Å². The van der Waals surface area contributed by atoms with E-state index in [2.05, 4.69) is 117 Å². The quantitative estimate of drug-likeness (QED) is 0.200. The fourth-order valence-corrected chi connectivity index (χ4v) is 5.96. The Labute approximate surface area is 257 Å². The van der Waals surface area contributed by atoms with Crippen LogP contribution in [-0.4, -0.2) is 9.97 Å². The van der Waals surface area contributed by atoms with Crippen LogP contribution in [0.15, 0.2) is 54.8 Å². The number of hydrogen-bond donors (Lipinski definition) is 0. The summed E-state index contributed by atoms with van der Waals surface area (Å²) in [5, 5.41) is 2.16. The fraction of sp³-hybridized carbons (Fsp3) is 0.421. The summed E-state index contributed by atoms with van der Waals surface area (Å²) in [5.41, 5.74) is 4.86. The van der Waals surface area contributed by atoms with Crippen LogP contribution in [-0.2, 0) is 21.7 Å².